The third-order valence-corrected chi connectivity index (χ3v) is 3.63. The van der Waals surface area contributed by atoms with Crippen molar-refractivity contribution in [3.05, 3.63) is 52.6 Å². The normalized spacial score (nSPS) is 11.1. The van der Waals surface area contributed by atoms with Gasteiger partial charge in [-0.3, -0.25) is 0 Å². The van der Waals surface area contributed by atoms with Crippen LogP contribution in [0.15, 0.2) is 41.4 Å². The smallest absolute Gasteiger partial charge is 0.0794 e. The molecule has 2 heterocycles. The Kier molecular flexibility index (Phi) is 3.39. The first kappa shape index (κ1) is 11.4. The Morgan fingerprint density at radius 3 is 3.17 bits per heavy atom. The maximum Gasteiger partial charge on any atom is 0.0794 e. The molecule has 0 aliphatic rings. The summed E-state index contributed by atoms with van der Waals surface area (Å²) in [5, 5.41) is 6.82. The van der Waals surface area contributed by atoms with Crippen molar-refractivity contribution in [1.29, 1.82) is 0 Å². The van der Waals surface area contributed by atoms with Crippen molar-refractivity contribution in [3.63, 3.8) is 0 Å². The standard InChI is InChI=1S/C14H15N3S/c1-2-12-3-6-16-14(12)7-11(1)8-15-5-4-13-9-18-10-17-13/h1-3,6-7,9-10,15-16H,4-5,8H2. The molecule has 1 aromatic carbocycles. The second kappa shape index (κ2) is 5.33. The lowest BCUT2D eigenvalue weighted by atomic mass is 10.1. The minimum absolute atomic E-state index is 0.902. The highest BCUT2D eigenvalue weighted by molar-refractivity contribution is 7.07. The number of aromatic amines is 1. The van der Waals surface area contributed by atoms with E-state index in [2.05, 4.69) is 44.9 Å². The summed E-state index contributed by atoms with van der Waals surface area (Å²) in [5.74, 6) is 0. The van der Waals surface area contributed by atoms with Crippen LogP contribution in [0.2, 0.25) is 0 Å². The molecule has 2 N–H and O–H groups in total. The Hall–Kier alpha value is -1.65. The van der Waals surface area contributed by atoms with E-state index in [4.69, 9.17) is 0 Å². The van der Waals surface area contributed by atoms with Crippen LogP contribution in [0.4, 0.5) is 0 Å². The van der Waals surface area contributed by atoms with Gasteiger partial charge >= 0.3 is 0 Å². The molecule has 3 aromatic rings. The van der Waals surface area contributed by atoms with Crippen molar-refractivity contribution in [2.45, 2.75) is 13.0 Å². The quantitative estimate of drug-likeness (QED) is 0.690. The molecule has 0 aliphatic carbocycles. The molecule has 18 heavy (non-hydrogen) atoms. The van der Waals surface area contributed by atoms with Crippen LogP contribution in [0.25, 0.3) is 10.9 Å². The minimum atomic E-state index is 0.902. The second-order valence-corrected chi connectivity index (χ2v) is 5.02. The number of hydrogen-bond donors (Lipinski definition) is 2. The molecule has 0 bridgehead atoms. The van der Waals surface area contributed by atoms with Gasteiger partial charge < -0.3 is 10.3 Å². The topological polar surface area (TPSA) is 40.7 Å². The average Bonchev–Trinajstić information content (AvgIpc) is 3.05. The van der Waals surface area contributed by atoms with Gasteiger partial charge in [-0.2, -0.15) is 0 Å². The minimum Gasteiger partial charge on any atom is -0.361 e. The van der Waals surface area contributed by atoms with E-state index < -0.39 is 0 Å². The fourth-order valence-electron chi connectivity index (χ4n) is 2.02. The molecule has 2 aromatic heterocycles. The molecule has 0 spiro atoms. The first-order chi connectivity index (χ1) is 8.92. The van der Waals surface area contributed by atoms with E-state index in [1.165, 1.54) is 22.2 Å². The van der Waals surface area contributed by atoms with Crippen LogP contribution < -0.4 is 5.32 Å². The first-order valence-electron chi connectivity index (χ1n) is 6.05. The molecule has 0 saturated heterocycles. The third-order valence-electron chi connectivity index (χ3n) is 2.99. The number of aromatic nitrogens is 2. The first-order valence-corrected chi connectivity index (χ1v) is 7.00. The van der Waals surface area contributed by atoms with Gasteiger partial charge in [0, 0.05) is 36.6 Å². The van der Waals surface area contributed by atoms with Crippen molar-refractivity contribution >= 4 is 22.2 Å². The summed E-state index contributed by atoms with van der Waals surface area (Å²) in [5.41, 5.74) is 5.57. The SMILES string of the molecule is c1cc2ccc(CNCCc3cscn3)cc2[nH]1. The van der Waals surface area contributed by atoms with Gasteiger partial charge in [-0.05, 0) is 23.1 Å². The van der Waals surface area contributed by atoms with Gasteiger partial charge in [0.2, 0.25) is 0 Å². The number of benzene rings is 1. The van der Waals surface area contributed by atoms with Crippen LogP contribution >= 0.6 is 11.3 Å². The van der Waals surface area contributed by atoms with Gasteiger partial charge in [-0.15, -0.1) is 11.3 Å². The Morgan fingerprint density at radius 2 is 2.28 bits per heavy atom. The summed E-state index contributed by atoms with van der Waals surface area (Å²) in [7, 11) is 0. The van der Waals surface area contributed by atoms with Gasteiger partial charge in [0.15, 0.2) is 0 Å². The maximum atomic E-state index is 4.27. The number of H-pyrrole nitrogens is 1. The largest absolute Gasteiger partial charge is 0.361 e. The van der Waals surface area contributed by atoms with Crippen molar-refractivity contribution in [2.24, 2.45) is 0 Å². The van der Waals surface area contributed by atoms with Crippen LogP contribution in [0, 0.1) is 0 Å². The van der Waals surface area contributed by atoms with E-state index in [-0.39, 0.29) is 0 Å². The lowest BCUT2D eigenvalue weighted by molar-refractivity contribution is 0.682. The summed E-state index contributed by atoms with van der Waals surface area (Å²) < 4.78 is 0. The highest BCUT2D eigenvalue weighted by atomic mass is 32.1. The zero-order valence-electron chi connectivity index (χ0n) is 10.0. The molecular weight excluding hydrogens is 242 g/mol. The van der Waals surface area contributed by atoms with Crippen LogP contribution in [0.1, 0.15) is 11.3 Å². The number of nitrogens with one attached hydrogen (secondary N) is 2. The van der Waals surface area contributed by atoms with Crippen LogP contribution in [-0.4, -0.2) is 16.5 Å². The highest BCUT2D eigenvalue weighted by Gasteiger charge is 1.98. The summed E-state index contributed by atoms with van der Waals surface area (Å²) in [6, 6.07) is 8.62. The van der Waals surface area contributed by atoms with Crippen molar-refractivity contribution in [3.8, 4) is 0 Å². The predicted octanol–water partition coefficient (Wildman–Crippen LogP) is 2.96. The molecule has 0 amide bonds. The number of thiazole rings is 1. The second-order valence-electron chi connectivity index (χ2n) is 4.31. The maximum absolute atomic E-state index is 4.27. The Labute approximate surface area is 110 Å². The van der Waals surface area contributed by atoms with Gasteiger partial charge in [0.05, 0.1) is 11.2 Å². The molecular formula is C14H15N3S. The molecule has 3 rings (SSSR count). The van der Waals surface area contributed by atoms with Gasteiger partial charge in [-0.25, -0.2) is 4.98 Å². The van der Waals surface area contributed by atoms with E-state index in [0.717, 1.165) is 19.5 Å². The zero-order valence-corrected chi connectivity index (χ0v) is 10.8. The van der Waals surface area contributed by atoms with Crippen molar-refractivity contribution in [1.82, 2.24) is 15.3 Å². The van der Waals surface area contributed by atoms with Gasteiger partial charge in [0.1, 0.15) is 0 Å². The number of fused-ring (bicyclic) bond motifs is 1. The number of hydrogen-bond acceptors (Lipinski definition) is 3. The molecule has 0 saturated carbocycles. The van der Waals surface area contributed by atoms with Gasteiger partial charge in [0.25, 0.3) is 0 Å². The van der Waals surface area contributed by atoms with Crippen LogP contribution in [0.5, 0.6) is 0 Å². The van der Waals surface area contributed by atoms with Crippen LogP contribution in [0.3, 0.4) is 0 Å². The zero-order chi connectivity index (χ0) is 12.2. The van der Waals surface area contributed by atoms with E-state index in [1.54, 1.807) is 11.3 Å². The molecule has 3 nitrogen and oxygen atoms in total. The molecule has 0 unspecified atom stereocenters. The third kappa shape index (κ3) is 2.60. The van der Waals surface area contributed by atoms with Gasteiger partial charge in [-0.1, -0.05) is 12.1 Å². The molecule has 0 aliphatic heterocycles. The predicted molar refractivity (Wildman–Crippen MR) is 75.8 cm³/mol. The number of rotatable bonds is 5. The highest BCUT2D eigenvalue weighted by Crippen LogP contribution is 2.13. The van der Waals surface area contributed by atoms with Crippen molar-refractivity contribution in [2.75, 3.05) is 6.54 Å². The Morgan fingerprint density at radius 1 is 1.28 bits per heavy atom. The monoisotopic (exact) mass is 257 g/mol. The Bertz CT molecular complexity index is 613. The molecule has 4 heteroatoms. The van der Waals surface area contributed by atoms with Crippen LogP contribution in [-0.2, 0) is 13.0 Å². The van der Waals surface area contributed by atoms with Crippen molar-refractivity contribution < 1.29 is 0 Å². The molecule has 0 radical (unpaired) electrons. The van der Waals surface area contributed by atoms with E-state index in [0.29, 0.717) is 0 Å². The summed E-state index contributed by atoms with van der Waals surface area (Å²) in [4.78, 5) is 7.50. The summed E-state index contributed by atoms with van der Waals surface area (Å²) in [6.45, 7) is 1.87. The van der Waals surface area contributed by atoms with E-state index in [9.17, 15) is 0 Å². The number of nitrogens with zero attached hydrogens (tertiary/aromatic N) is 1. The lowest BCUT2D eigenvalue weighted by Crippen LogP contribution is -2.16. The fraction of sp³-hybridized carbons (Fsp3) is 0.214. The van der Waals surface area contributed by atoms with E-state index in [1.807, 2.05) is 11.7 Å². The summed E-state index contributed by atoms with van der Waals surface area (Å²) >= 11 is 1.65. The molecule has 0 atom stereocenters. The molecule has 92 valence electrons. The average molecular weight is 257 g/mol. The lowest BCUT2D eigenvalue weighted by Gasteiger charge is -2.04. The molecule has 0 fully saturated rings. The van der Waals surface area contributed by atoms with E-state index >= 15 is 0 Å². The fourth-order valence-corrected chi connectivity index (χ4v) is 2.61. The summed E-state index contributed by atoms with van der Waals surface area (Å²) in [6.07, 6.45) is 2.97. The Balaban J connectivity index is 1.53.